The number of unbranched alkanes of at least 4 members (excludes halogenated alkanes) is 2. The van der Waals surface area contributed by atoms with Crippen LogP contribution in [-0.2, 0) is 0 Å². The standard InChI is InChI=1S/C27H32F4O/c1-3-5-7-8-18-9-11-19(12-10-18)20-13-14-21(25(29)24(20)28)22-15-16-23(27(31)26(22)30)32-17-6-4-2/h4,13-16,18-19H,2-3,5-12,17H2,1H3. The molecule has 0 aromatic heterocycles. The van der Waals surface area contributed by atoms with Crippen molar-refractivity contribution in [2.75, 3.05) is 6.61 Å². The zero-order chi connectivity index (χ0) is 23.1. The smallest absolute Gasteiger partial charge is 0.201 e. The summed E-state index contributed by atoms with van der Waals surface area (Å²) in [4.78, 5) is 0. The van der Waals surface area contributed by atoms with Gasteiger partial charge in [0.1, 0.15) is 0 Å². The lowest BCUT2D eigenvalue weighted by Crippen LogP contribution is -2.15. The van der Waals surface area contributed by atoms with Gasteiger partial charge in [0.15, 0.2) is 23.2 Å². The first-order chi connectivity index (χ1) is 15.5. The Morgan fingerprint density at radius 1 is 0.875 bits per heavy atom. The Balaban J connectivity index is 1.75. The van der Waals surface area contributed by atoms with Gasteiger partial charge in [-0.1, -0.05) is 50.8 Å². The summed E-state index contributed by atoms with van der Waals surface area (Å²) in [5, 5.41) is 0. The van der Waals surface area contributed by atoms with Crippen LogP contribution in [0.5, 0.6) is 5.75 Å². The molecule has 0 saturated heterocycles. The van der Waals surface area contributed by atoms with Gasteiger partial charge in [0.05, 0.1) is 6.61 Å². The summed E-state index contributed by atoms with van der Waals surface area (Å²) < 4.78 is 64.1. The maximum atomic E-state index is 15.0. The van der Waals surface area contributed by atoms with Crippen LogP contribution in [0, 0.1) is 29.2 Å². The van der Waals surface area contributed by atoms with Crippen LogP contribution in [0.4, 0.5) is 17.6 Å². The molecular formula is C27H32F4O. The molecule has 1 aliphatic rings. The van der Waals surface area contributed by atoms with E-state index in [2.05, 4.69) is 13.5 Å². The minimum atomic E-state index is -1.25. The van der Waals surface area contributed by atoms with Crippen molar-refractivity contribution in [1.82, 2.24) is 0 Å². The van der Waals surface area contributed by atoms with E-state index in [-0.39, 0.29) is 29.4 Å². The quantitative estimate of drug-likeness (QED) is 0.201. The second-order valence-corrected chi connectivity index (χ2v) is 8.71. The van der Waals surface area contributed by atoms with Gasteiger partial charge < -0.3 is 4.74 Å². The molecule has 0 bridgehead atoms. The van der Waals surface area contributed by atoms with Gasteiger partial charge in [-0.25, -0.2) is 13.2 Å². The molecule has 0 unspecified atom stereocenters. The molecule has 2 aromatic rings. The second-order valence-electron chi connectivity index (χ2n) is 8.71. The van der Waals surface area contributed by atoms with Crippen LogP contribution >= 0.6 is 0 Å². The highest BCUT2D eigenvalue weighted by Crippen LogP contribution is 2.41. The fourth-order valence-corrected chi connectivity index (χ4v) is 4.64. The lowest BCUT2D eigenvalue weighted by Gasteiger charge is -2.29. The van der Waals surface area contributed by atoms with E-state index in [1.807, 2.05) is 0 Å². The summed E-state index contributed by atoms with van der Waals surface area (Å²) in [6, 6.07) is 5.35. The van der Waals surface area contributed by atoms with Crippen molar-refractivity contribution in [3.8, 4) is 16.9 Å². The summed E-state index contributed by atoms with van der Waals surface area (Å²) in [6.45, 7) is 5.87. The van der Waals surface area contributed by atoms with Crippen LogP contribution in [-0.4, -0.2) is 6.61 Å². The zero-order valence-corrected chi connectivity index (χ0v) is 18.7. The van der Waals surface area contributed by atoms with Crippen LogP contribution < -0.4 is 4.74 Å². The summed E-state index contributed by atoms with van der Waals surface area (Å²) in [5.41, 5.74) is -0.266. The lowest BCUT2D eigenvalue weighted by molar-refractivity contribution is 0.298. The number of rotatable bonds is 10. The fourth-order valence-electron chi connectivity index (χ4n) is 4.64. The molecule has 5 heteroatoms. The van der Waals surface area contributed by atoms with Gasteiger partial charge in [-0.05, 0) is 61.6 Å². The predicted octanol–water partition coefficient (Wildman–Crippen LogP) is 8.72. The van der Waals surface area contributed by atoms with Crippen molar-refractivity contribution in [3.63, 3.8) is 0 Å². The average Bonchev–Trinajstić information content (AvgIpc) is 2.80. The first-order valence-corrected chi connectivity index (χ1v) is 11.7. The normalized spacial score (nSPS) is 18.5. The third-order valence-corrected chi connectivity index (χ3v) is 6.53. The zero-order valence-electron chi connectivity index (χ0n) is 18.7. The Morgan fingerprint density at radius 2 is 1.53 bits per heavy atom. The fraction of sp³-hybridized carbons (Fsp3) is 0.481. The molecule has 0 atom stereocenters. The van der Waals surface area contributed by atoms with Crippen molar-refractivity contribution in [1.29, 1.82) is 0 Å². The van der Waals surface area contributed by atoms with Crippen molar-refractivity contribution in [2.45, 2.75) is 70.6 Å². The molecule has 1 aliphatic carbocycles. The largest absolute Gasteiger partial charge is 0.490 e. The van der Waals surface area contributed by atoms with Crippen molar-refractivity contribution < 1.29 is 22.3 Å². The van der Waals surface area contributed by atoms with Crippen LogP contribution in [0.25, 0.3) is 11.1 Å². The molecule has 32 heavy (non-hydrogen) atoms. The molecule has 0 N–H and O–H groups in total. The molecule has 0 spiro atoms. The van der Waals surface area contributed by atoms with Crippen LogP contribution in [0.3, 0.4) is 0 Å². The Bertz CT molecular complexity index is 916. The van der Waals surface area contributed by atoms with Crippen LogP contribution in [0.15, 0.2) is 36.9 Å². The summed E-state index contributed by atoms with van der Waals surface area (Å²) in [6.07, 6.45) is 10.6. The third-order valence-electron chi connectivity index (χ3n) is 6.53. The van der Waals surface area contributed by atoms with E-state index in [1.54, 1.807) is 6.08 Å². The molecular weight excluding hydrogens is 416 g/mol. The number of ether oxygens (including phenoxy) is 1. The van der Waals surface area contributed by atoms with Crippen molar-refractivity contribution in [2.24, 2.45) is 5.92 Å². The van der Waals surface area contributed by atoms with E-state index < -0.39 is 23.3 Å². The van der Waals surface area contributed by atoms with Crippen molar-refractivity contribution in [3.05, 3.63) is 65.8 Å². The lowest BCUT2D eigenvalue weighted by atomic mass is 9.76. The van der Waals surface area contributed by atoms with Gasteiger partial charge in [0.25, 0.3) is 0 Å². The molecule has 1 fully saturated rings. The van der Waals surface area contributed by atoms with Gasteiger partial charge in [-0.2, -0.15) is 4.39 Å². The van der Waals surface area contributed by atoms with E-state index in [0.29, 0.717) is 17.9 Å². The summed E-state index contributed by atoms with van der Waals surface area (Å²) >= 11 is 0. The van der Waals surface area contributed by atoms with E-state index in [4.69, 9.17) is 4.74 Å². The van der Waals surface area contributed by atoms with Gasteiger partial charge in [-0.3, -0.25) is 0 Å². The van der Waals surface area contributed by atoms with Crippen LogP contribution in [0.1, 0.15) is 76.2 Å². The van der Waals surface area contributed by atoms with Gasteiger partial charge in [-0.15, -0.1) is 6.58 Å². The van der Waals surface area contributed by atoms with Gasteiger partial charge >= 0.3 is 0 Å². The minimum absolute atomic E-state index is 0.0387. The molecule has 174 valence electrons. The second kappa shape index (κ2) is 11.5. The van der Waals surface area contributed by atoms with E-state index in [1.165, 1.54) is 49.9 Å². The van der Waals surface area contributed by atoms with E-state index >= 15 is 0 Å². The molecule has 1 saturated carbocycles. The number of hydrogen-bond donors (Lipinski definition) is 0. The third kappa shape index (κ3) is 5.54. The Morgan fingerprint density at radius 3 is 2.19 bits per heavy atom. The van der Waals surface area contributed by atoms with Crippen molar-refractivity contribution >= 4 is 0 Å². The highest BCUT2D eigenvalue weighted by Gasteiger charge is 2.27. The highest BCUT2D eigenvalue weighted by atomic mass is 19.2. The Labute approximate surface area is 188 Å². The molecule has 3 rings (SSSR count). The Hall–Kier alpha value is -2.30. The first-order valence-electron chi connectivity index (χ1n) is 11.7. The average molecular weight is 449 g/mol. The molecule has 2 aromatic carbocycles. The maximum Gasteiger partial charge on any atom is 0.201 e. The van der Waals surface area contributed by atoms with Crippen LogP contribution in [0.2, 0.25) is 0 Å². The minimum Gasteiger partial charge on any atom is -0.490 e. The number of benzene rings is 2. The molecule has 0 aliphatic heterocycles. The molecule has 1 nitrogen and oxygen atoms in total. The van der Waals surface area contributed by atoms with Gasteiger partial charge in [0, 0.05) is 11.1 Å². The highest BCUT2D eigenvalue weighted by molar-refractivity contribution is 5.66. The topological polar surface area (TPSA) is 9.23 Å². The summed E-state index contributed by atoms with van der Waals surface area (Å²) in [5.74, 6) is -4.19. The monoisotopic (exact) mass is 448 g/mol. The Kier molecular flexibility index (Phi) is 8.77. The molecule has 0 radical (unpaired) electrons. The first kappa shape index (κ1) is 24.3. The van der Waals surface area contributed by atoms with E-state index in [0.717, 1.165) is 25.7 Å². The maximum absolute atomic E-state index is 15.0. The predicted molar refractivity (Wildman–Crippen MR) is 121 cm³/mol. The number of hydrogen-bond acceptors (Lipinski definition) is 1. The van der Waals surface area contributed by atoms with Gasteiger partial charge in [0.2, 0.25) is 5.82 Å². The summed E-state index contributed by atoms with van der Waals surface area (Å²) in [7, 11) is 0. The number of halogens is 4. The molecule has 0 amide bonds. The SMILES string of the molecule is C=CCCOc1ccc(-c2ccc(C3CCC(CCCCC)CC3)c(F)c2F)c(F)c1F. The van der Waals surface area contributed by atoms with E-state index in [9.17, 15) is 17.6 Å². The molecule has 0 heterocycles.